The SMILES string of the molecule is COc1cc([N+](=O)[O-])cc(S(=O)(=O)C(C)CCCl)c1. The van der Waals surface area contributed by atoms with Gasteiger partial charge in [-0.05, 0) is 19.4 Å². The number of alkyl halides is 1. The van der Waals surface area contributed by atoms with Crippen molar-refractivity contribution in [3.63, 3.8) is 0 Å². The highest BCUT2D eigenvalue weighted by molar-refractivity contribution is 7.92. The van der Waals surface area contributed by atoms with E-state index in [9.17, 15) is 18.5 Å². The molecule has 0 aliphatic rings. The van der Waals surface area contributed by atoms with E-state index >= 15 is 0 Å². The van der Waals surface area contributed by atoms with Crippen molar-refractivity contribution >= 4 is 27.1 Å². The van der Waals surface area contributed by atoms with Crippen molar-refractivity contribution in [2.24, 2.45) is 0 Å². The lowest BCUT2D eigenvalue weighted by molar-refractivity contribution is -0.385. The van der Waals surface area contributed by atoms with Crippen molar-refractivity contribution in [2.75, 3.05) is 13.0 Å². The Labute approximate surface area is 116 Å². The number of benzene rings is 1. The minimum absolute atomic E-state index is 0.129. The topological polar surface area (TPSA) is 86.5 Å². The third kappa shape index (κ3) is 3.57. The molecule has 19 heavy (non-hydrogen) atoms. The quantitative estimate of drug-likeness (QED) is 0.457. The van der Waals surface area contributed by atoms with E-state index in [0.717, 1.165) is 6.07 Å². The molecule has 0 heterocycles. The summed E-state index contributed by atoms with van der Waals surface area (Å²) in [6.07, 6.45) is 0.273. The van der Waals surface area contributed by atoms with Crippen LogP contribution < -0.4 is 4.74 Å². The number of sulfone groups is 1. The van der Waals surface area contributed by atoms with Gasteiger partial charge in [-0.2, -0.15) is 0 Å². The summed E-state index contributed by atoms with van der Waals surface area (Å²) in [5, 5.41) is 10.1. The number of non-ortho nitro benzene ring substituents is 1. The van der Waals surface area contributed by atoms with Crippen LogP contribution in [0.25, 0.3) is 0 Å². The van der Waals surface area contributed by atoms with Crippen molar-refractivity contribution in [1.82, 2.24) is 0 Å². The first-order valence-electron chi connectivity index (χ1n) is 5.46. The second-order valence-electron chi connectivity index (χ2n) is 3.96. The fourth-order valence-electron chi connectivity index (χ4n) is 1.49. The summed E-state index contributed by atoms with van der Waals surface area (Å²) in [6, 6.07) is 3.47. The molecule has 0 saturated heterocycles. The van der Waals surface area contributed by atoms with Gasteiger partial charge in [0.15, 0.2) is 9.84 Å². The lowest BCUT2D eigenvalue weighted by Crippen LogP contribution is -2.18. The Morgan fingerprint density at radius 2 is 2.05 bits per heavy atom. The standard InChI is InChI=1S/C11H14ClNO5S/c1-8(3-4-12)19(16,17)11-6-9(13(14)15)5-10(7-11)18-2/h5-8H,3-4H2,1-2H3. The lowest BCUT2D eigenvalue weighted by atomic mass is 10.3. The summed E-state index contributed by atoms with van der Waals surface area (Å²) in [5.41, 5.74) is -0.323. The molecule has 0 spiro atoms. The van der Waals surface area contributed by atoms with Crippen LogP contribution in [0.3, 0.4) is 0 Å². The number of hydrogen-bond acceptors (Lipinski definition) is 5. The molecule has 1 aromatic rings. The van der Waals surface area contributed by atoms with Gasteiger partial charge < -0.3 is 4.74 Å². The van der Waals surface area contributed by atoms with Crippen molar-refractivity contribution in [3.05, 3.63) is 28.3 Å². The smallest absolute Gasteiger partial charge is 0.274 e. The van der Waals surface area contributed by atoms with Gasteiger partial charge in [-0.15, -0.1) is 11.6 Å². The highest BCUT2D eigenvalue weighted by atomic mass is 35.5. The predicted molar refractivity (Wildman–Crippen MR) is 71.6 cm³/mol. The molecular formula is C11H14ClNO5S. The van der Waals surface area contributed by atoms with Crippen molar-refractivity contribution in [1.29, 1.82) is 0 Å². The molecule has 0 saturated carbocycles. The Balaban J connectivity index is 3.33. The summed E-state index contributed by atoms with van der Waals surface area (Å²) in [7, 11) is -2.34. The number of halogens is 1. The average Bonchev–Trinajstić information content (AvgIpc) is 2.38. The van der Waals surface area contributed by atoms with Gasteiger partial charge in [-0.3, -0.25) is 10.1 Å². The third-order valence-electron chi connectivity index (χ3n) is 2.69. The van der Waals surface area contributed by atoms with E-state index in [2.05, 4.69) is 0 Å². The molecule has 1 aromatic carbocycles. The van der Waals surface area contributed by atoms with Crippen LogP contribution in [-0.2, 0) is 9.84 Å². The molecule has 8 heteroatoms. The van der Waals surface area contributed by atoms with Gasteiger partial charge in [0.05, 0.1) is 28.2 Å². The van der Waals surface area contributed by atoms with Gasteiger partial charge in [0, 0.05) is 11.9 Å². The highest BCUT2D eigenvalue weighted by Gasteiger charge is 2.25. The van der Waals surface area contributed by atoms with E-state index in [4.69, 9.17) is 16.3 Å². The van der Waals surface area contributed by atoms with Crippen LogP contribution in [0, 0.1) is 10.1 Å². The van der Waals surface area contributed by atoms with Crippen LogP contribution in [0.15, 0.2) is 23.1 Å². The lowest BCUT2D eigenvalue weighted by Gasteiger charge is -2.12. The highest BCUT2D eigenvalue weighted by Crippen LogP contribution is 2.28. The zero-order chi connectivity index (χ0) is 14.6. The summed E-state index contributed by atoms with van der Waals surface area (Å²) in [4.78, 5) is 9.99. The van der Waals surface area contributed by atoms with Crippen LogP contribution in [-0.4, -0.2) is 31.6 Å². The number of nitro groups is 1. The van der Waals surface area contributed by atoms with Gasteiger partial charge in [-0.1, -0.05) is 0 Å². The third-order valence-corrected chi connectivity index (χ3v) is 5.09. The zero-order valence-electron chi connectivity index (χ0n) is 10.5. The Hall–Kier alpha value is -1.34. The molecule has 0 bridgehead atoms. The molecule has 0 fully saturated rings. The zero-order valence-corrected chi connectivity index (χ0v) is 12.1. The molecule has 0 radical (unpaired) electrons. The van der Waals surface area contributed by atoms with Gasteiger partial charge in [0.2, 0.25) is 0 Å². The van der Waals surface area contributed by atoms with Crippen LogP contribution in [0.1, 0.15) is 13.3 Å². The predicted octanol–water partition coefficient (Wildman–Crippen LogP) is 2.39. The van der Waals surface area contributed by atoms with Crippen LogP contribution in [0.2, 0.25) is 0 Å². The molecule has 1 unspecified atom stereocenters. The summed E-state index contributed by atoms with van der Waals surface area (Å²) in [5.74, 6) is 0.331. The van der Waals surface area contributed by atoms with Crippen LogP contribution in [0.5, 0.6) is 5.75 Å². The fraction of sp³-hybridized carbons (Fsp3) is 0.455. The molecule has 0 aliphatic heterocycles. The number of rotatable bonds is 6. The first kappa shape index (κ1) is 15.7. The Kier molecular flexibility index (Phi) is 5.13. The Bertz CT molecular complexity index is 572. The Morgan fingerprint density at radius 3 is 2.53 bits per heavy atom. The molecule has 0 aliphatic carbocycles. The monoisotopic (exact) mass is 307 g/mol. The summed E-state index contributed by atoms with van der Waals surface area (Å²) in [6.45, 7) is 1.52. The van der Waals surface area contributed by atoms with Gasteiger partial charge in [0.1, 0.15) is 5.75 Å². The molecular weight excluding hydrogens is 294 g/mol. The first-order valence-corrected chi connectivity index (χ1v) is 7.54. The molecule has 0 amide bonds. The van der Waals surface area contributed by atoms with E-state index in [1.54, 1.807) is 0 Å². The van der Waals surface area contributed by atoms with E-state index in [1.807, 2.05) is 0 Å². The normalized spacial score (nSPS) is 13.0. The molecule has 0 aromatic heterocycles. The average molecular weight is 308 g/mol. The van der Waals surface area contributed by atoms with Gasteiger partial charge in [0.25, 0.3) is 5.69 Å². The summed E-state index contributed by atoms with van der Waals surface area (Å²) >= 11 is 5.53. The maximum Gasteiger partial charge on any atom is 0.274 e. The fourth-order valence-corrected chi connectivity index (χ4v) is 3.40. The minimum atomic E-state index is -3.66. The number of nitrogens with zero attached hydrogens (tertiary/aromatic N) is 1. The van der Waals surface area contributed by atoms with Crippen molar-refractivity contribution in [2.45, 2.75) is 23.5 Å². The number of methoxy groups -OCH3 is 1. The maximum absolute atomic E-state index is 12.2. The molecule has 0 N–H and O–H groups in total. The molecule has 1 rings (SSSR count). The molecule has 6 nitrogen and oxygen atoms in total. The van der Waals surface area contributed by atoms with Crippen molar-refractivity contribution in [3.8, 4) is 5.75 Å². The second kappa shape index (κ2) is 6.21. The van der Waals surface area contributed by atoms with E-state index < -0.39 is 20.0 Å². The number of nitro benzene ring substituents is 1. The van der Waals surface area contributed by atoms with E-state index in [-0.39, 0.29) is 28.6 Å². The Morgan fingerprint density at radius 1 is 1.42 bits per heavy atom. The number of hydrogen-bond donors (Lipinski definition) is 0. The maximum atomic E-state index is 12.2. The molecule has 106 valence electrons. The summed E-state index contributed by atoms with van der Waals surface area (Å²) < 4.78 is 29.3. The minimum Gasteiger partial charge on any atom is -0.496 e. The number of ether oxygens (including phenoxy) is 1. The van der Waals surface area contributed by atoms with E-state index in [0.29, 0.717) is 0 Å². The molecule has 1 atom stereocenters. The van der Waals surface area contributed by atoms with Gasteiger partial charge in [-0.25, -0.2) is 8.42 Å². The van der Waals surface area contributed by atoms with Crippen LogP contribution >= 0.6 is 11.6 Å². The van der Waals surface area contributed by atoms with Crippen molar-refractivity contribution < 1.29 is 18.1 Å². The first-order chi connectivity index (χ1) is 8.82. The van der Waals surface area contributed by atoms with E-state index in [1.165, 1.54) is 26.2 Å². The largest absolute Gasteiger partial charge is 0.496 e. The van der Waals surface area contributed by atoms with Crippen LogP contribution in [0.4, 0.5) is 5.69 Å². The second-order valence-corrected chi connectivity index (χ2v) is 6.70. The van der Waals surface area contributed by atoms with Gasteiger partial charge >= 0.3 is 0 Å².